The first-order valence-electron chi connectivity index (χ1n) is 6.21. The minimum atomic E-state index is -0.698. The lowest BCUT2D eigenvalue weighted by molar-refractivity contribution is 0.191. The molecule has 0 radical (unpaired) electrons. The molecule has 2 aromatic rings. The maximum absolute atomic E-state index is 10.2. The molecular weight excluding hydrogens is 377 g/mol. The highest BCUT2D eigenvalue weighted by atomic mass is 79.9. The highest BCUT2D eigenvalue weighted by Crippen LogP contribution is 2.34. The van der Waals surface area contributed by atoms with Crippen molar-refractivity contribution in [3.05, 3.63) is 56.5 Å². The Kier molecular flexibility index (Phi) is 5.76. The lowest BCUT2D eigenvalue weighted by Gasteiger charge is -2.16. The van der Waals surface area contributed by atoms with Crippen molar-refractivity contribution in [3.63, 3.8) is 0 Å². The third-order valence-corrected chi connectivity index (χ3v) is 4.01. The fourth-order valence-corrected chi connectivity index (χ4v) is 3.22. The summed E-state index contributed by atoms with van der Waals surface area (Å²) in [7, 11) is 1.59. The quantitative estimate of drug-likeness (QED) is 0.761. The Hall–Kier alpha value is -0.940. The first-order chi connectivity index (χ1) is 10.0. The summed E-state index contributed by atoms with van der Waals surface area (Å²) in [4.78, 5) is 0. The normalized spacial score (nSPS) is 12.0. The fraction of sp³-hybridized carbons (Fsp3) is 0.200. The zero-order chi connectivity index (χ0) is 15.4. The molecule has 2 rings (SSSR count). The van der Waals surface area contributed by atoms with Gasteiger partial charge in [-0.05, 0) is 29.8 Å². The van der Waals surface area contributed by atoms with Gasteiger partial charge in [0.2, 0.25) is 0 Å². The summed E-state index contributed by atoms with van der Waals surface area (Å²) in [6.45, 7) is 0.286. The lowest BCUT2D eigenvalue weighted by atomic mass is 10.1. The SMILES string of the molecule is COc1cccc(C(O)CNc2c(Cl)cc(Br)cc2Cl)c1. The molecular formula is C15H14BrCl2NO2. The summed E-state index contributed by atoms with van der Waals surface area (Å²) in [6.07, 6.45) is -0.698. The van der Waals surface area contributed by atoms with E-state index in [0.29, 0.717) is 21.5 Å². The van der Waals surface area contributed by atoms with Crippen LogP contribution in [0.25, 0.3) is 0 Å². The second-order valence-electron chi connectivity index (χ2n) is 4.42. The van der Waals surface area contributed by atoms with Crippen LogP contribution in [0.3, 0.4) is 0 Å². The van der Waals surface area contributed by atoms with Crippen LogP contribution in [0.1, 0.15) is 11.7 Å². The van der Waals surface area contributed by atoms with Crippen molar-refractivity contribution >= 4 is 44.8 Å². The van der Waals surface area contributed by atoms with Crippen molar-refractivity contribution in [2.45, 2.75) is 6.10 Å². The number of halogens is 3. The van der Waals surface area contributed by atoms with Crippen LogP contribution in [0.2, 0.25) is 10.0 Å². The van der Waals surface area contributed by atoms with Crippen molar-refractivity contribution in [2.24, 2.45) is 0 Å². The molecule has 2 N–H and O–H groups in total. The Balaban J connectivity index is 2.09. The minimum absolute atomic E-state index is 0.286. The van der Waals surface area contributed by atoms with Crippen LogP contribution < -0.4 is 10.1 Å². The summed E-state index contributed by atoms with van der Waals surface area (Å²) in [5, 5.41) is 14.3. The summed E-state index contributed by atoms with van der Waals surface area (Å²) in [5.41, 5.74) is 1.36. The number of anilines is 1. The topological polar surface area (TPSA) is 41.5 Å². The van der Waals surface area contributed by atoms with Crippen molar-refractivity contribution < 1.29 is 9.84 Å². The summed E-state index contributed by atoms with van der Waals surface area (Å²) < 4.78 is 5.94. The van der Waals surface area contributed by atoms with Crippen LogP contribution >= 0.6 is 39.1 Å². The number of methoxy groups -OCH3 is 1. The average Bonchev–Trinajstić information content (AvgIpc) is 2.46. The second kappa shape index (κ2) is 7.36. The van der Waals surface area contributed by atoms with E-state index in [4.69, 9.17) is 27.9 Å². The molecule has 0 fully saturated rings. The third-order valence-electron chi connectivity index (χ3n) is 2.96. The summed E-state index contributed by atoms with van der Waals surface area (Å²) >= 11 is 15.6. The molecule has 0 heterocycles. The largest absolute Gasteiger partial charge is 0.497 e. The predicted octanol–water partition coefficient (Wildman–Crippen LogP) is 4.91. The third kappa shape index (κ3) is 4.27. The number of aliphatic hydroxyl groups excluding tert-OH is 1. The molecule has 6 heteroatoms. The first kappa shape index (κ1) is 16.4. The number of hydrogen-bond acceptors (Lipinski definition) is 3. The van der Waals surface area contributed by atoms with Crippen molar-refractivity contribution in [3.8, 4) is 5.75 Å². The molecule has 0 spiro atoms. The number of aliphatic hydroxyl groups is 1. The van der Waals surface area contributed by atoms with E-state index >= 15 is 0 Å². The number of hydrogen-bond donors (Lipinski definition) is 2. The van der Waals surface area contributed by atoms with Gasteiger partial charge >= 0.3 is 0 Å². The maximum atomic E-state index is 10.2. The molecule has 112 valence electrons. The number of nitrogens with one attached hydrogen (secondary N) is 1. The van der Waals surface area contributed by atoms with E-state index in [0.717, 1.165) is 10.0 Å². The van der Waals surface area contributed by atoms with Gasteiger partial charge in [0.1, 0.15) is 5.75 Å². The minimum Gasteiger partial charge on any atom is -0.497 e. The lowest BCUT2D eigenvalue weighted by Crippen LogP contribution is -2.12. The number of benzene rings is 2. The first-order valence-corrected chi connectivity index (χ1v) is 7.76. The summed E-state index contributed by atoms with van der Waals surface area (Å²) in [5.74, 6) is 0.700. The van der Waals surface area contributed by atoms with Crippen molar-refractivity contribution in [2.75, 3.05) is 19.0 Å². The standard InChI is InChI=1S/C15H14BrCl2NO2/c1-21-11-4-2-3-9(5-11)14(20)8-19-15-12(17)6-10(16)7-13(15)18/h2-7,14,19-20H,8H2,1H3. The molecule has 21 heavy (non-hydrogen) atoms. The van der Waals surface area contributed by atoms with Gasteiger partial charge in [0.15, 0.2) is 0 Å². The van der Waals surface area contributed by atoms with Crippen LogP contribution in [0.5, 0.6) is 5.75 Å². The van der Waals surface area contributed by atoms with Gasteiger partial charge in [-0.2, -0.15) is 0 Å². The van der Waals surface area contributed by atoms with E-state index in [2.05, 4.69) is 21.2 Å². The van der Waals surface area contributed by atoms with E-state index in [1.807, 2.05) is 18.2 Å². The van der Waals surface area contributed by atoms with Gasteiger partial charge in [-0.1, -0.05) is 51.3 Å². The molecule has 0 bridgehead atoms. The van der Waals surface area contributed by atoms with Gasteiger partial charge in [-0.25, -0.2) is 0 Å². The monoisotopic (exact) mass is 389 g/mol. The van der Waals surface area contributed by atoms with Gasteiger partial charge in [-0.15, -0.1) is 0 Å². The highest BCUT2D eigenvalue weighted by Gasteiger charge is 2.12. The van der Waals surface area contributed by atoms with E-state index in [9.17, 15) is 5.11 Å². The Morgan fingerprint density at radius 2 is 1.90 bits per heavy atom. The molecule has 0 saturated heterocycles. The van der Waals surface area contributed by atoms with E-state index in [1.54, 1.807) is 25.3 Å². The fourth-order valence-electron chi connectivity index (χ4n) is 1.88. The number of ether oxygens (including phenoxy) is 1. The summed E-state index contributed by atoms with van der Waals surface area (Å²) in [6, 6.07) is 10.8. The molecule has 0 aromatic heterocycles. The molecule has 0 amide bonds. The van der Waals surface area contributed by atoms with Crippen molar-refractivity contribution in [1.29, 1.82) is 0 Å². The Morgan fingerprint density at radius 3 is 2.52 bits per heavy atom. The molecule has 2 aromatic carbocycles. The Labute approximate surface area is 142 Å². The van der Waals surface area contributed by atoms with Gasteiger partial charge < -0.3 is 15.2 Å². The molecule has 3 nitrogen and oxygen atoms in total. The zero-order valence-electron chi connectivity index (χ0n) is 11.2. The molecule has 0 aliphatic carbocycles. The van der Waals surface area contributed by atoms with Crippen molar-refractivity contribution in [1.82, 2.24) is 0 Å². The van der Waals surface area contributed by atoms with Crippen LogP contribution in [0, 0.1) is 0 Å². The predicted molar refractivity (Wildman–Crippen MR) is 90.6 cm³/mol. The molecule has 1 unspecified atom stereocenters. The van der Waals surface area contributed by atoms with E-state index < -0.39 is 6.10 Å². The van der Waals surface area contributed by atoms with E-state index in [1.165, 1.54) is 0 Å². The van der Waals surface area contributed by atoms with Crippen LogP contribution in [0.4, 0.5) is 5.69 Å². The molecule has 1 atom stereocenters. The maximum Gasteiger partial charge on any atom is 0.119 e. The highest BCUT2D eigenvalue weighted by molar-refractivity contribution is 9.10. The van der Waals surface area contributed by atoms with E-state index in [-0.39, 0.29) is 6.54 Å². The smallest absolute Gasteiger partial charge is 0.119 e. The van der Waals surface area contributed by atoms with Gasteiger partial charge in [-0.3, -0.25) is 0 Å². The van der Waals surface area contributed by atoms with Gasteiger partial charge in [0.05, 0.1) is 28.9 Å². The van der Waals surface area contributed by atoms with Crippen LogP contribution in [-0.4, -0.2) is 18.8 Å². The zero-order valence-corrected chi connectivity index (χ0v) is 14.3. The van der Waals surface area contributed by atoms with Crippen LogP contribution in [0.15, 0.2) is 40.9 Å². The number of rotatable bonds is 5. The Morgan fingerprint density at radius 1 is 1.24 bits per heavy atom. The Bertz CT molecular complexity index is 614. The average molecular weight is 391 g/mol. The molecule has 0 saturated carbocycles. The van der Waals surface area contributed by atoms with Gasteiger partial charge in [0, 0.05) is 11.0 Å². The van der Waals surface area contributed by atoms with Crippen LogP contribution in [-0.2, 0) is 0 Å². The van der Waals surface area contributed by atoms with Gasteiger partial charge in [0.25, 0.3) is 0 Å². The molecule has 0 aliphatic rings. The second-order valence-corrected chi connectivity index (χ2v) is 6.15. The molecule has 0 aliphatic heterocycles.